The van der Waals surface area contributed by atoms with E-state index in [1.165, 1.54) is 6.07 Å². The van der Waals surface area contributed by atoms with Gasteiger partial charge in [-0.25, -0.2) is 4.39 Å². The smallest absolute Gasteiger partial charge is 0.128 e. The van der Waals surface area contributed by atoms with Crippen molar-refractivity contribution in [1.29, 1.82) is 0 Å². The molecule has 2 rings (SSSR count). The average molecular weight is 256 g/mol. The van der Waals surface area contributed by atoms with Gasteiger partial charge in [0, 0.05) is 29.1 Å². The number of hydrogen-bond acceptors (Lipinski definition) is 1. The molecule has 1 N–H and O–H groups in total. The standard InChI is InChI=1S/C14H19ClFN/c1-13(2)7-14(3,9-17-8-13)12-10(15)5-4-6-11(12)16/h4-6,17H,7-9H2,1-3H3. The quantitative estimate of drug-likeness (QED) is 0.806. The van der Waals surface area contributed by atoms with E-state index in [-0.39, 0.29) is 16.6 Å². The van der Waals surface area contributed by atoms with Gasteiger partial charge in [0.2, 0.25) is 0 Å². The zero-order valence-corrected chi connectivity index (χ0v) is 11.4. The first kappa shape index (κ1) is 12.8. The summed E-state index contributed by atoms with van der Waals surface area (Å²) in [7, 11) is 0. The highest BCUT2D eigenvalue weighted by Gasteiger charge is 2.40. The Hall–Kier alpha value is -0.600. The minimum atomic E-state index is -0.232. The van der Waals surface area contributed by atoms with Gasteiger partial charge in [0.25, 0.3) is 0 Å². The highest BCUT2D eigenvalue weighted by molar-refractivity contribution is 6.31. The molecule has 1 saturated heterocycles. The molecule has 1 fully saturated rings. The van der Waals surface area contributed by atoms with Gasteiger partial charge in [0.15, 0.2) is 0 Å². The lowest BCUT2D eigenvalue weighted by Gasteiger charge is -2.44. The molecule has 0 spiro atoms. The molecule has 0 amide bonds. The van der Waals surface area contributed by atoms with Crippen LogP contribution >= 0.6 is 11.6 Å². The number of hydrogen-bond donors (Lipinski definition) is 1. The van der Waals surface area contributed by atoms with Gasteiger partial charge in [-0.2, -0.15) is 0 Å². The summed E-state index contributed by atoms with van der Waals surface area (Å²) in [4.78, 5) is 0. The molecule has 1 nitrogen and oxygen atoms in total. The number of benzene rings is 1. The molecule has 0 aliphatic carbocycles. The van der Waals surface area contributed by atoms with Gasteiger partial charge >= 0.3 is 0 Å². The third-order valence-corrected chi connectivity index (χ3v) is 3.87. The Morgan fingerprint density at radius 1 is 1.24 bits per heavy atom. The molecule has 3 heteroatoms. The maximum Gasteiger partial charge on any atom is 0.128 e. The Morgan fingerprint density at radius 3 is 2.53 bits per heavy atom. The van der Waals surface area contributed by atoms with Crippen LogP contribution in [0.4, 0.5) is 4.39 Å². The summed E-state index contributed by atoms with van der Waals surface area (Å²) in [5.74, 6) is -0.195. The lowest BCUT2D eigenvalue weighted by atomic mass is 9.67. The minimum Gasteiger partial charge on any atom is -0.315 e. The molecule has 94 valence electrons. The van der Waals surface area contributed by atoms with Gasteiger partial charge in [-0.3, -0.25) is 0 Å². The Balaban J connectivity index is 2.44. The first-order valence-electron chi connectivity index (χ1n) is 5.99. The van der Waals surface area contributed by atoms with Crippen molar-refractivity contribution in [2.45, 2.75) is 32.6 Å². The molecule has 0 radical (unpaired) electrons. The molecule has 1 heterocycles. The molecule has 0 saturated carbocycles. The Bertz CT molecular complexity index is 410. The third-order valence-electron chi connectivity index (χ3n) is 3.55. The van der Waals surface area contributed by atoms with Crippen LogP contribution in [0.3, 0.4) is 0 Å². The monoisotopic (exact) mass is 255 g/mol. The SMILES string of the molecule is CC1(C)CNCC(C)(c2c(F)cccc2Cl)C1. The van der Waals surface area contributed by atoms with E-state index in [2.05, 4.69) is 26.1 Å². The van der Waals surface area contributed by atoms with Crippen LogP contribution in [0.25, 0.3) is 0 Å². The second-order valence-corrected chi connectivity index (χ2v) is 6.51. The van der Waals surface area contributed by atoms with Crippen molar-refractivity contribution >= 4 is 11.6 Å². The second kappa shape index (κ2) is 4.25. The third kappa shape index (κ3) is 2.48. The molecule has 1 aromatic carbocycles. The van der Waals surface area contributed by atoms with Crippen molar-refractivity contribution in [3.8, 4) is 0 Å². The first-order chi connectivity index (χ1) is 7.84. The van der Waals surface area contributed by atoms with Crippen LogP contribution in [-0.2, 0) is 5.41 Å². The fraction of sp³-hybridized carbons (Fsp3) is 0.571. The number of piperidine rings is 1. The first-order valence-corrected chi connectivity index (χ1v) is 6.37. The van der Waals surface area contributed by atoms with Crippen LogP contribution in [-0.4, -0.2) is 13.1 Å². The van der Waals surface area contributed by atoms with Crippen LogP contribution in [0.15, 0.2) is 18.2 Å². The molecule has 1 unspecified atom stereocenters. The van der Waals surface area contributed by atoms with Crippen molar-refractivity contribution < 1.29 is 4.39 Å². The van der Waals surface area contributed by atoms with Crippen LogP contribution < -0.4 is 5.32 Å². The minimum absolute atomic E-state index is 0.165. The van der Waals surface area contributed by atoms with Crippen LogP contribution in [0.5, 0.6) is 0 Å². The predicted molar refractivity (Wildman–Crippen MR) is 70.0 cm³/mol. The van der Waals surface area contributed by atoms with E-state index in [0.717, 1.165) is 19.5 Å². The van der Waals surface area contributed by atoms with Crippen molar-refractivity contribution in [2.75, 3.05) is 13.1 Å². The van der Waals surface area contributed by atoms with E-state index in [9.17, 15) is 4.39 Å². The summed E-state index contributed by atoms with van der Waals surface area (Å²) in [6, 6.07) is 4.92. The van der Waals surface area contributed by atoms with Crippen molar-refractivity contribution in [2.24, 2.45) is 5.41 Å². The van der Waals surface area contributed by atoms with Crippen molar-refractivity contribution in [3.05, 3.63) is 34.6 Å². The second-order valence-electron chi connectivity index (χ2n) is 6.10. The topological polar surface area (TPSA) is 12.0 Å². The van der Waals surface area contributed by atoms with Crippen molar-refractivity contribution in [1.82, 2.24) is 5.32 Å². The normalized spacial score (nSPS) is 28.1. The lowest BCUT2D eigenvalue weighted by molar-refractivity contribution is 0.176. The molecule has 0 bridgehead atoms. The zero-order valence-electron chi connectivity index (χ0n) is 10.6. The Morgan fingerprint density at radius 2 is 1.94 bits per heavy atom. The zero-order chi connectivity index (χ0) is 12.7. The Labute approximate surface area is 107 Å². The van der Waals surface area contributed by atoms with Gasteiger partial charge in [0.05, 0.1) is 0 Å². The van der Waals surface area contributed by atoms with Crippen molar-refractivity contribution in [3.63, 3.8) is 0 Å². The molecule has 0 aromatic heterocycles. The van der Waals surface area contributed by atoms with E-state index in [4.69, 9.17) is 11.6 Å². The van der Waals surface area contributed by atoms with E-state index in [1.807, 2.05) is 0 Å². The summed E-state index contributed by atoms with van der Waals surface area (Å²) in [6.07, 6.45) is 0.938. The highest BCUT2D eigenvalue weighted by Crippen LogP contribution is 2.42. The van der Waals surface area contributed by atoms with Crippen LogP contribution in [0.1, 0.15) is 32.8 Å². The average Bonchev–Trinajstić information content (AvgIpc) is 2.14. The fourth-order valence-corrected chi connectivity index (χ4v) is 3.50. The summed E-state index contributed by atoms with van der Waals surface area (Å²) in [5, 5.41) is 3.93. The lowest BCUT2D eigenvalue weighted by Crippen LogP contribution is -2.49. The molecule has 1 aliphatic heterocycles. The number of halogens is 2. The van der Waals surface area contributed by atoms with E-state index in [1.54, 1.807) is 12.1 Å². The molecule has 17 heavy (non-hydrogen) atoms. The number of rotatable bonds is 1. The largest absolute Gasteiger partial charge is 0.315 e. The molecular weight excluding hydrogens is 237 g/mol. The van der Waals surface area contributed by atoms with Gasteiger partial charge in [-0.05, 0) is 24.0 Å². The van der Waals surface area contributed by atoms with Gasteiger partial charge in [-0.1, -0.05) is 38.4 Å². The fourth-order valence-electron chi connectivity index (χ4n) is 3.11. The maximum absolute atomic E-state index is 14.0. The maximum atomic E-state index is 14.0. The summed E-state index contributed by atoms with van der Waals surface area (Å²) in [6.45, 7) is 8.23. The van der Waals surface area contributed by atoms with Gasteiger partial charge in [0.1, 0.15) is 5.82 Å². The molecule has 1 atom stereocenters. The summed E-state index contributed by atoms with van der Waals surface area (Å²) < 4.78 is 14.0. The van der Waals surface area contributed by atoms with Gasteiger partial charge in [-0.15, -0.1) is 0 Å². The van der Waals surface area contributed by atoms with Gasteiger partial charge < -0.3 is 5.32 Å². The summed E-state index contributed by atoms with van der Waals surface area (Å²) >= 11 is 6.18. The summed E-state index contributed by atoms with van der Waals surface area (Å²) in [5.41, 5.74) is 0.588. The predicted octanol–water partition coefficient (Wildman–Crippen LogP) is 3.76. The van der Waals surface area contributed by atoms with E-state index in [0.29, 0.717) is 10.6 Å². The Kier molecular flexibility index (Phi) is 3.21. The molecule has 1 aliphatic rings. The molecular formula is C14H19ClFN. The van der Waals surface area contributed by atoms with E-state index < -0.39 is 0 Å². The van der Waals surface area contributed by atoms with Crippen LogP contribution in [0, 0.1) is 11.2 Å². The van der Waals surface area contributed by atoms with E-state index >= 15 is 0 Å². The van der Waals surface area contributed by atoms with Crippen LogP contribution in [0.2, 0.25) is 5.02 Å². The highest BCUT2D eigenvalue weighted by atomic mass is 35.5. The number of nitrogens with one attached hydrogen (secondary N) is 1. The molecule has 1 aromatic rings.